The monoisotopic (exact) mass is 213 g/mol. The molecule has 0 unspecified atom stereocenters. The Kier molecular flexibility index (Phi) is 13.3. The van der Waals surface area contributed by atoms with Crippen LogP contribution < -0.4 is 16.0 Å². The van der Waals surface area contributed by atoms with Crippen molar-refractivity contribution in [3.8, 4) is 0 Å². The van der Waals surface area contributed by atoms with E-state index in [4.69, 9.17) is 0 Å². The van der Waals surface area contributed by atoms with Crippen molar-refractivity contribution < 1.29 is 0 Å². The summed E-state index contributed by atoms with van der Waals surface area (Å²) < 4.78 is 0. The van der Waals surface area contributed by atoms with Gasteiger partial charge < -0.3 is 16.0 Å². The van der Waals surface area contributed by atoms with Gasteiger partial charge in [-0.25, -0.2) is 0 Å². The second kappa shape index (κ2) is 13.6. The molecule has 0 aliphatic carbocycles. The largest absolute Gasteiger partial charge is 0.315 e. The van der Waals surface area contributed by atoms with E-state index in [1.165, 1.54) is 6.42 Å². The first-order valence-electron chi connectivity index (χ1n) is 6.15. The summed E-state index contributed by atoms with van der Waals surface area (Å²) in [6.45, 7) is 10.7. The number of hydrogen-bond acceptors (Lipinski definition) is 3. The van der Waals surface area contributed by atoms with Gasteiger partial charge in [-0.3, -0.25) is 0 Å². The molecule has 3 nitrogen and oxygen atoms in total. The average molecular weight is 213 g/mol. The Morgan fingerprint density at radius 3 is 1.87 bits per heavy atom. The molecule has 90 valence electrons. The summed E-state index contributed by atoms with van der Waals surface area (Å²) in [4.78, 5) is 0. The van der Waals surface area contributed by atoms with Crippen molar-refractivity contribution in [3.05, 3.63) is 12.2 Å². The lowest BCUT2D eigenvalue weighted by Gasteiger charge is -2.06. The van der Waals surface area contributed by atoms with Crippen molar-refractivity contribution in [1.82, 2.24) is 16.0 Å². The highest BCUT2D eigenvalue weighted by atomic mass is 15.0. The Balaban J connectivity index is 2.86. The topological polar surface area (TPSA) is 36.1 Å². The molecular weight excluding hydrogens is 186 g/mol. The first-order valence-corrected chi connectivity index (χ1v) is 6.15. The van der Waals surface area contributed by atoms with Gasteiger partial charge in [-0.1, -0.05) is 19.1 Å². The fraction of sp³-hybridized carbons (Fsp3) is 0.833. The highest BCUT2D eigenvalue weighted by molar-refractivity contribution is 4.77. The van der Waals surface area contributed by atoms with Gasteiger partial charge in [-0.05, 0) is 32.9 Å². The summed E-state index contributed by atoms with van der Waals surface area (Å²) in [5, 5.41) is 10.1. The normalized spacial score (nSPS) is 11.3. The molecule has 0 atom stereocenters. The minimum Gasteiger partial charge on any atom is -0.315 e. The molecule has 0 aliphatic heterocycles. The van der Waals surface area contributed by atoms with Crippen LogP contribution in [0.2, 0.25) is 0 Å². The molecule has 0 amide bonds. The first-order chi connectivity index (χ1) is 7.41. The average Bonchev–Trinajstić information content (AvgIpc) is 2.26. The van der Waals surface area contributed by atoms with Gasteiger partial charge in [0.1, 0.15) is 0 Å². The molecule has 0 radical (unpaired) electrons. The second-order valence-electron chi connectivity index (χ2n) is 3.61. The van der Waals surface area contributed by atoms with Crippen LogP contribution in [0.4, 0.5) is 0 Å². The van der Waals surface area contributed by atoms with E-state index in [9.17, 15) is 0 Å². The van der Waals surface area contributed by atoms with Crippen LogP contribution in [-0.4, -0.2) is 39.3 Å². The summed E-state index contributed by atoms with van der Waals surface area (Å²) in [5.41, 5.74) is 0. The van der Waals surface area contributed by atoms with Crippen molar-refractivity contribution in [2.45, 2.75) is 26.7 Å². The smallest absolute Gasteiger partial charge is 0.00772 e. The van der Waals surface area contributed by atoms with Gasteiger partial charge in [-0.2, -0.15) is 0 Å². The van der Waals surface area contributed by atoms with Gasteiger partial charge in [-0.15, -0.1) is 0 Å². The molecule has 0 aromatic carbocycles. The van der Waals surface area contributed by atoms with E-state index in [0.717, 1.165) is 45.7 Å². The molecule has 15 heavy (non-hydrogen) atoms. The van der Waals surface area contributed by atoms with Crippen LogP contribution in [0.5, 0.6) is 0 Å². The van der Waals surface area contributed by atoms with Crippen molar-refractivity contribution in [2.75, 3.05) is 39.3 Å². The molecule has 0 saturated carbocycles. The van der Waals surface area contributed by atoms with Crippen LogP contribution in [0.25, 0.3) is 0 Å². The van der Waals surface area contributed by atoms with Crippen molar-refractivity contribution in [1.29, 1.82) is 0 Å². The molecule has 0 aliphatic rings. The van der Waals surface area contributed by atoms with Crippen molar-refractivity contribution in [2.24, 2.45) is 0 Å². The lowest BCUT2D eigenvalue weighted by molar-refractivity contribution is 0.581. The molecule has 3 heteroatoms. The maximum atomic E-state index is 3.39. The molecule has 0 bridgehead atoms. The maximum absolute atomic E-state index is 3.39. The molecule has 0 rings (SSSR count). The fourth-order valence-corrected chi connectivity index (χ4v) is 1.26. The summed E-state index contributed by atoms with van der Waals surface area (Å²) in [5.74, 6) is 0. The minimum atomic E-state index is 1.06. The van der Waals surface area contributed by atoms with Gasteiger partial charge in [0, 0.05) is 26.2 Å². The Bertz CT molecular complexity index is 135. The highest BCUT2D eigenvalue weighted by Gasteiger charge is 1.87. The molecular formula is C12H27N3. The van der Waals surface area contributed by atoms with E-state index < -0.39 is 0 Å². The van der Waals surface area contributed by atoms with E-state index in [1.54, 1.807) is 0 Å². The summed E-state index contributed by atoms with van der Waals surface area (Å²) >= 11 is 0. The molecule has 0 fully saturated rings. The number of hydrogen-bond donors (Lipinski definition) is 3. The van der Waals surface area contributed by atoms with Crippen molar-refractivity contribution in [3.63, 3.8) is 0 Å². The van der Waals surface area contributed by atoms with Crippen LogP contribution in [0.3, 0.4) is 0 Å². The zero-order chi connectivity index (χ0) is 11.2. The zero-order valence-electron chi connectivity index (χ0n) is 10.3. The third-order valence-corrected chi connectivity index (χ3v) is 2.11. The van der Waals surface area contributed by atoms with Crippen LogP contribution in [0, 0.1) is 0 Å². The predicted octanol–water partition coefficient (Wildman–Crippen LogP) is 1.13. The molecule has 3 N–H and O–H groups in total. The highest BCUT2D eigenvalue weighted by Crippen LogP contribution is 1.78. The van der Waals surface area contributed by atoms with E-state index >= 15 is 0 Å². The maximum Gasteiger partial charge on any atom is 0.00772 e. The molecule has 0 aromatic rings. The molecule has 0 saturated heterocycles. The Labute approximate surface area is 94.7 Å². The Morgan fingerprint density at radius 1 is 0.800 bits per heavy atom. The summed E-state index contributed by atoms with van der Waals surface area (Å²) in [7, 11) is 0. The van der Waals surface area contributed by atoms with Crippen molar-refractivity contribution >= 4 is 0 Å². The van der Waals surface area contributed by atoms with E-state index in [-0.39, 0.29) is 0 Å². The molecule has 0 heterocycles. The third kappa shape index (κ3) is 13.6. The molecule has 0 aromatic heterocycles. The van der Waals surface area contributed by atoms with Crippen LogP contribution in [-0.2, 0) is 0 Å². The number of allylic oxidation sites excluding steroid dienone is 1. The lowest BCUT2D eigenvalue weighted by atomic mass is 10.4. The first kappa shape index (κ1) is 14.6. The van der Waals surface area contributed by atoms with Crippen LogP contribution in [0.1, 0.15) is 26.7 Å². The quantitative estimate of drug-likeness (QED) is 0.356. The van der Waals surface area contributed by atoms with Gasteiger partial charge in [0.05, 0.1) is 0 Å². The minimum absolute atomic E-state index is 1.06. The van der Waals surface area contributed by atoms with Crippen LogP contribution in [0.15, 0.2) is 12.2 Å². The summed E-state index contributed by atoms with van der Waals surface area (Å²) in [6, 6.07) is 0. The van der Waals surface area contributed by atoms with E-state index in [2.05, 4.69) is 41.9 Å². The standard InChI is InChI=1S/C12H27N3/c1-3-5-6-8-14-10-12-15-11-9-13-7-4-2/h3,5,13-15H,4,6-12H2,1-2H3/b5-3+. The van der Waals surface area contributed by atoms with Gasteiger partial charge >= 0.3 is 0 Å². The number of rotatable bonds is 11. The summed E-state index contributed by atoms with van der Waals surface area (Å²) in [6.07, 6.45) is 6.63. The van der Waals surface area contributed by atoms with Gasteiger partial charge in [0.25, 0.3) is 0 Å². The lowest BCUT2D eigenvalue weighted by Crippen LogP contribution is -2.33. The second-order valence-corrected chi connectivity index (χ2v) is 3.61. The number of nitrogens with one attached hydrogen (secondary N) is 3. The van der Waals surface area contributed by atoms with Gasteiger partial charge in [0.2, 0.25) is 0 Å². The van der Waals surface area contributed by atoms with E-state index in [1.807, 2.05) is 0 Å². The molecule has 0 spiro atoms. The zero-order valence-corrected chi connectivity index (χ0v) is 10.3. The fourth-order valence-electron chi connectivity index (χ4n) is 1.26. The third-order valence-electron chi connectivity index (χ3n) is 2.11. The van der Waals surface area contributed by atoms with Gasteiger partial charge in [0.15, 0.2) is 0 Å². The Morgan fingerprint density at radius 2 is 1.33 bits per heavy atom. The van der Waals surface area contributed by atoms with E-state index in [0.29, 0.717) is 0 Å². The predicted molar refractivity (Wildman–Crippen MR) is 68.3 cm³/mol. The Hall–Kier alpha value is -0.380. The van der Waals surface area contributed by atoms with Crippen LogP contribution >= 0.6 is 0 Å². The SMILES string of the molecule is C/C=C/CCNCCNCCNCCC.